The Balaban J connectivity index is 2.81. The predicted octanol–water partition coefficient (Wildman–Crippen LogP) is 3.72. The SMILES string of the molecule is Cc1nc(C(C)C)c2cc(Cl)ccc2n1. The molecule has 0 aliphatic carbocycles. The highest BCUT2D eigenvalue weighted by atomic mass is 35.5. The molecule has 0 saturated carbocycles. The van der Waals surface area contributed by atoms with E-state index in [-0.39, 0.29) is 0 Å². The zero-order valence-corrected chi connectivity index (χ0v) is 9.84. The van der Waals surface area contributed by atoms with Crippen LogP contribution in [0.15, 0.2) is 18.2 Å². The van der Waals surface area contributed by atoms with Crippen molar-refractivity contribution in [2.45, 2.75) is 26.7 Å². The van der Waals surface area contributed by atoms with Gasteiger partial charge in [0, 0.05) is 10.4 Å². The lowest BCUT2D eigenvalue weighted by Gasteiger charge is -2.09. The van der Waals surface area contributed by atoms with Crippen molar-refractivity contribution in [3.8, 4) is 0 Å². The minimum atomic E-state index is 0.382. The van der Waals surface area contributed by atoms with Gasteiger partial charge in [0.2, 0.25) is 0 Å². The first-order valence-electron chi connectivity index (χ1n) is 5.01. The zero-order valence-electron chi connectivity index (χ0n) is 9.08. The van der Waals surface area contributed by atoms with Crippen molar-refractivity contribution >= 4 is 22.5 Å². The molecule has 2 nitrogen and oxygen atoms in total. The van der Waals surface area contributed by atoms with Crippen LogP contribution in [0.5, 0.6) is 0 Å². The van der Waals surface area contributed by atoms with Gasteiger partial charge in [0.25, 0.3) is 0 Å². The van der Waals surface area contributed by atoms with Crippen molar-refractivity contribution in [1.82, 2.24) is 9.97 Å². The first-order chi connectivity index (χ1) is 7.08. The third-order valence-electron chi connectivity index (χ3n) is 2.35. The van der Waals surface area contributed by atoms with Crippen molar-refractivity contribution < 1.29 is 0 Å². The minimum Gasteiger partial charge on any atom is -0.237 e. The number of hydrogen-bond acceptors (Lipinski definition) is 2. The molecule has 0 amide bonds. The zero-order chi connectivity index (χ0) is 11.0. The average Bonchev–Trinajstić information content (AvgIpc) is 2.17. The highest BCUT2D eigenvalue weighted by Gasteiger charge is 2.09. The Hall–Kier alpha value is -1.15. The molecule has 0 bridgehead atoms. The molecule has 15 heavy (non-hydrogen) atoms. The van der Waals surface area contributed by atoms with E-state index in [2.05, 4.69) is 23.8 Å². The molecule has 2 rings (SSSR count). The number of rotatable bonds is 1. The van der Waals surface area contributed by atoms with E-state index in [0.717, 1.165) is 27.4 Å². The molecule has 78 valence electrons. The number of aromatic nitrogens is 2. The largest absolute Gasteiger partial charge is 0.237 e. The van der Waals surface area contributed by atoms with Crippen LogP contribution in [0.25, 0.3) is 10.9 Å². The standard InChI is InChI=1S/C12H13ClN2/c1-7(2)12-10-6-9(13)4-5-11(10)14-8(3)15-12/h4-7H,1-3H3. The van der Waals surface area contributed by atoms with E-state index in [1.165, 1.54) is 0 Å². The second-order valence-electron chi connectivity index (χ2n) is 3.97. The van der Waals surface area contributed by atoms with Crippen molar-refractivity contribution in [2.75, 3.05) is 0 Å². The summed E-state index contributed by atoms with van der Waals surface area (Å²) in [5.41, 5.74) is 2.04. The Morgan fingerprint density at radius 2 is 1.93 bits per heavy atom. The van der Waals surface area contributed by atoms with Crippen LogP contribution in [0.3, 0.4) is 0 Å². The summed E-state index contributed by atoms with van der Waals surface area (Å²) in [7, 11) is 0. The Kier molecular flexibility index (Phi) is 2.61. The van der Waals surface area contributed by atoms with Crippen molar-refractivity contribution in [3.05, 3.63) is 34.7 Å². The van der Waals surface area contributed by atoms with Gasteiger partial charge in [0.15, 0.2) is 0 Å². The quantitative estimate of drug-likeness (QED) is 0.732. The van der Waals surface area contributed by atoms with Gasteiger partial charge in [-0.2, -0.15) is 0 Å². The van der Waals surface area contributed by atoms with Gasteiger partial charge >= 0.3 is 0 Å². The summed E-state index contributed by atoms with van der Waals surface area (Å²) < 4.78 is 0. The fourth-order valence-electron chi connectivity index (χ4n) is 1.68. The molecule has 0 N–H and O–H groups in total. The molecule has 1 aromatic carbocycles. The van der Waals surface area contributed by atoms with Crippen molar-refractivity contribution in [2.24, 2.45) is 0 Å². The molecule has 0 radical (unpaired) electrons. The van der Waals surface area contributed by atoms with Crippen molar-refractivity contribution in [1.29, 1.82) is 0 Å². The normalized spacial score (nSPS) is 11.3. The van der Waals surface area contributed by atoms with Crippen molar-refractivity contribution in [3.63, 3.8) is 0 Å². The van der Waals surface area contributed by atoms with Crippen LogP contribution in [0.4, 0.5) is 0 Å². The third-order valence-corrected chi connectivity index (χ3v) is 2.58. The Bertz CT molecular complexity index is 506. The fourth-order valence-corrected chi connectivity index (χ4v) is 1.86. The van der Waals surface area contributed by atoms with Crippen LogP contribution in [0.2, 0.25) is 5.02 Å². The molecule has 1 aromatic heterocycles. The number of aryl methyl sites for hydroxylation is 1. The highest BCUT2D eigenvalue weighted by molar-refractivity contribution is 6.31. The molecular formula is C12H13ClN2. The molecule has 0 spiro atoms. The summed E-state index contributed by atoms with van der Waals surface area (Å²) in [5, 5.41) is 1.79. The number of halogens is 1. The average molecular weight is 221 g/mol. The Morgan fingerprint density at radius 1 is 1.20 bits per heavy atom. The third kappa shape index (κ3) is 1.95. The van der Waals surface area contributed by atoms with E-state index in [1.54, 1.807) is 0 Å². The molecule has 3 heteroatoms. The van der Waals surface area contributed by atoms with E-state index >= 15 is 0 Å². The number of hydrogen-bond donors (Lipinski definition) is 0. The number of fused-ring (bicyclic) bond motifs is 1. The van der Waals surface area contributed by atoms with E-state index in [0.29, 0.717) is 5.92 Å². The molecule has 2 aromatic rings. The van der Waals surface area contributed by atoms with E-state index < -0.39 is 0 Å². The van der Waals surface area contributed by atoms with Gasteiger partial charge in [-0.15, -0.1) is 0 Å². The topological polar surface area (TPSA) is 25.8 Å². The summed E-state index contributed by atoms with van der Waals surface area (Å²) in [6.45, 7) is 6.17. The maximum atomic E-state index is 5.98. The predicted molar refractivity (Wildman–Crippen MR) is 63.4 cm³/mol. The van der Waals surface area contributed by atoms with Crippen LogP contribution < -0.4 is 0 Å². The molecule has 0 unspecified atom stereocenters. The molecule has 0 fully saturated rings. The van der Waals surface area contributed by atoms with Gasteiger partial charge in [0.05, 0.1) is 11.2 Å². The van der Waals surface area contributed by atoms with Gasteiger partial charge in [-0.25, -0.2) is 9.97 Å². The fraction of sp³-hybridized carbons (Fsp3) is 0.333. The summed E-state index contributed by atoms with van der Waals surface area (Å²) >= 11 is 5.98. The van der Waals surface area contributed by atoms with E-state index in [1.807, 2.05) is 25.1 Å². The summed E-state index contributed by atoms with van der Waals surface area (Å²) in [5.74, 6) is 1.20. The van der Waals surface area contributed by atoms with Gasteiger partial charge in [0.1, 0.15) is 5.82 Å². The van der Waals surface area contributed by atoms with Crippen LogP contribution in [0.1, 0.15) is 31.3 Å². The molecule has 0 atom stereocenters. The number of benzene rings is 1. The maximum Gasteiger partial charge on any atom is 0.126 e. The first-order valence-corrected chi connectivity index (χ1v) is 5.39. The lowest BCUT2D eigenvalue weighted by molar-refractivity contribution is 0.817. The molecule has 0 aliphatic rings. The molecule has 1 heterocycles. The Morgan fingerprint density at radius 3 is 2.60 bits per heavy atom. The van der Waals surface area contributed by atoms with Gasteiger partial charge in [-0.05, 0) is 31.0 Å². The van der Waals surface area contributed by atoms with Crippen LogP contribution in [-0.4, -0.2) is 9.97 Å². The van der Waals surface area contributed by atoms with Crippen LogP contribution >= 0.6 is 11.6 Å². The minimum absolute atomic E-state index is 0.382. The monoisotopic (exact) mass is 220 g/mol. The summed E-state index contributed by atoms with van der Waals surface area (Å²) in [6.07, 6.45) is 0. The second-order valence-corrected chi connectivity index (χ2v) is 4.41. The molecular weight excluding hydrogens is 208 g/mol. The van der Waals surface area contributed by atoms with Crippen LogP contribution in [-0.2, 0) is 0 Å². The second kappa shape index (κ2) is 3.78. The maximum absolute atomic E-state index is 5.98. The van der Waals surface area contributed by atoms with Crippen LogP contribution in [0, 0.1) is 6.92 Å². The molecule has 0 aliphatic heterocycles. The lowest BCUT2D eigenvalue weighted by Crippen LogP contribution is -1.99. The highest BCUT2D eigenvalue weighted by Crippen LogP contribution is 2.25. The smallest absolute Gasteiger partial charge is 0.126 e. The summed E-state index contributed by atoms with van der Waals surface area (Å²) in [6, 6.07) is 5.74. The van der Waals surface area contributed by atoms with E-state index in [9.17, 15) is 0 Å². The van der Waals surface area contributed by atoms with Gasteiger partial charge in [-0.3, -0.25) is 0 Å². The van der Waals surface area contributed by atoms with Gasteiger partial charge in [-0.1, -0.05) is 25.4 Å². The first kappa shape index (κ1) is 10.4. The van der Waals surface area contributed by atoms with Gasteiger partial charge < -0.3 is 0 Å². The number of nitrogens with zero attached hydrogens (tertiary/aromatic N) is 2. The summed E-state index contributed by atoms with van der Waals surface area (Å²) in [4.78, 5) is 8.86. The van der Waals surface area contributed by atoms with E-state index in [4.69, 9.17) is 11.6 Å². The lowest BCUT2D eigenvalue weighted by atomic mass is 10.0. The Labute approximate surface area is 94.3 Å². The molecule has 0 saturated heterocycles.